The molecule has 0 aromatic heterocycles. The Morgan fingerprint density at radius 1 is 1.00 bits per heavy atom. The number of carbonyl (C=O) groups is 2. The Kier molecular flexibility index (Phi) is 3.96. The summed E-state index contributed by atoms with van der Waals surface area (Å²) >= 11 is 0. The van der Waals surface area contributed by atoms with Gasteiger partial charge in [-0.25, -0.2) is 9.69 Å². The van der Waals surface area contributed by atoms with Gasteiger partial charge in [-0.15, -0.1) is 0 Å². The summed E-state index contributed by atoms with van der Waals surface area (Å²) < 4.78 is 0. The molecule has 2 aromatic carbocycles. The zero-order valence-electron chi connectivity index (χ0n) is 14.5. The first-order chi connectivity index (χ1) is 12.1. The molecule has 2 aromatic rings. The van der Waals surface area contributed by atoms with Crippen molar-refractivity contribution in [2.24, 2.45) is 0 Å². The average Bonchev–Trinajstić information content (AvgIpc) is 2.86. The number of hydrogen-bond acceptors (Lipinski definition) is 3. The van der Waals surface area contributed by atoms with E-state index in [1.165, 1.54) is 11.3 Å². The predicted molar refractivity (Wildman–Crippen MR) is 97.0 cm³/mol. The first-order valence-corrected chi connectivity index (χ1v) is 8.94. The third kappa shape index (κ3) is 2.78. The van der Waals surface area contributed by atoms with Crippen LogP contribution in [0.1, 0.15) is 31.7 Å². The smallest absolute Gasteiger partial charge is 0.319 e. The van der Waals surface area contributed by atoms with E-state index in [0.29, 0.717) is 6.67 Å². The predicted octanol–water partition coefficient (Wildman–Crippen LogP) is 3.05. The second kappa shape index (κ2) is 6.15. The summed E-state index contributed by atoms with van der Waals surface area (Å²) in [5.74, 6) is -0.168. The normalized spacial score (nSPS) is 24.8. The summed E-state index contributed by atoms with van der Waals surface area (Å²) in [6.45, 7) is 4.08. The van der Waals surface area contributed by atoms with Crippen LogP contribution in [0.5, 0.6) is 0 Å². The van der Waals surface area contributed by atoms with E-state index < -0.39 is 5.54 Å². The van der Waals surface area contributed by atoms with Crippen molar-refractivity contribution in [1.82, 2.24) is 15.1 Å². The summed E-state index contributed by atoms with van der Waals surface area (Å²) in [6.07, 6.45) is 3.49. The molecule has 0 radical (unpaired) electrons. The highest BCUT2D eigenvalue weighted by Crippen LogP contribution is 2.31. The Morgan fingerprint density at radius 3 is 2.48 bits per heavy atom. The fourth-order valence-electron chi connectivity index (χ4n) is 3.82. The Balaban J connectivity index is 1.62. The first kappa shape index (κ1) is 16.1. The van der Waals surface area contributed by atoms with E-state index in [2.05, 4.69) is 10.2 Å². The van der Waals surface area contributed by atoms with Crippen molar-refractivity contribution in [3.63, 3.8) is 0 Å². The molecule has 2 heterocycles. The SMILES string of the molecule is C[C@@]1(c2ccc3ccccc3c2)NC(=O)N(CN2CCCCC2)C1=O. The van der Waals surface area contributed by atoms with Crippen LogP contribution < -0.4 is 5.32 Å². The lowest BCUT2D eigenvalue weighted by molar-refractivity contribution is -0.132. The van der Waals surface area contributed by atoms with Gasteiger partial charge in [0.2, 0.25) is 0 Å². The maximum atomic E-state index is 13.1. The monoisotopic (exact) mass is 337 g/mol. The highest BCUT2D eigenvalue weighted by molar-refractivity contribution is 6.07. The number of fused-ring (bicyclic) bond motifs is 1. The van der Waals surface area contributed by atoms with Crippen LogP contribution in [0.15, 0.2) is 42.5 Å². The maximum absolute atomic E-state index is 13.1. The average molecular weight is 337 g/mol. The number of hydrogen-bond donors (Lipinski definition) is 1. The van der Waals surface area contributed by atoms with Gasteiger partial charge < -0.3 is 5.32 Å². The lowest BCUT2D eigenvalue weighted by atomic mass is 9.90. The summed E-state index contributed by atoms with van der Waals surface area (Å²) in [4.78, 5) is 29.1. The minimum absolute atomic E-state index is 0.168. The quantitative estimate of drug-likeness (QED) is 0.876. The van der Waals surface area contributed by atoms with Gasteiger partial charge in [0.05, 0.1) is 6.67 Å². The van der Waals surface area contributed by atoms with Gasteiger partial charge in [-0.3, -0.25) is 9.69 Å². The number of imide groups is 1. The van der Waals surface area contributed by atoms with Crippen LogP contribution in [0.3, 0.4) is 0 Å². The number of likely N-dealkylation sites (tertiary alicyclic amines) is 1. The van der Waals surface area contributed by atoms with Crippen molar-refractivity contribution in [3.8, 4) is 0 Å². The van der Waals surface area contributed by atoms with Gasteiger partial charge >= 0.3 is 6.03 Å². The van der Waals surface area contributed by atoms with Crippen molar-refractivity contribution in [2.45, 2.75) is 31.7 Å². The molecule has 0 unspecified atom stereocenters. The largest absolute Gasteiger partial charge is 0.326 e. The van der Waals surface area contributed by atoms with Crippen LogP contribution in [0.2, 0.25) is 0 Å². The van der Waals surface area contributed by atoms with Gasteiger partial charge in [0, 0.05) is 0 Å². The number of amides is 3. The molecule has 2 fully saturated rings. The molecule has 0 aliphatic carbocycles. The molecule has 0 bridgehead atoms. The summed E-state index contributed by atoms with van der Waals surface area (Å²) in [7, 11) is 0. The molecule has 2 saturated heterocycles. The fourth-order valence-corrected chi connectivity index (χ4v) is 3.82. The number of rotatable bonds is 3. The van der Waals surface area contributed by atoms with Crippen LogP contribution in [0, 0.1) is 0 Å². The van der Waals surface area contributed by atoms with E-state index in [-0.39, 0.29) is 11.9 Å². The van der Waals surface area contributed by atoms with Crippen LogP contribution >= 0.6 is 0 Å². The third-order valence-electron chi connectivity index (χ3n) is 5.39. The minimum Gasteiger partial charge on any atom is -0.319 e. The third-order valence-corrected chi connectivity index (χ3v) is 5.39. The van der Waals surface area contributed by atoms with Crippen LogP contribution in [0.25, 0.3) is 10.8 Å². The van der Waals surface area contributed by atoms with Gasteiger partial charge in [0.25, 0.3) is 5.91 Å². The molecule has 1 atom stereocenters. The van der Waals surface area contributed by atoms with E-state index in [4.69, 9.17) is 0 Å². The molecule has 0 spiro atoms. The van der Waals surface area contributed by atoms with Crippen LogP contribution in [-0.4, -0.2) is 41.5 Å². The molecule has 3 amide bonds. The fraction of sp³-hybridized carbons (Fsp3) is 0.400. The van der Waals surface area contributed by atoms with E-state index in [0.717, 1.165) is 42.3 Å². The van der Waals surface area contributed by atoms with Gasteiger partial charge in [-0.2, -0.15) is 0 Å². The first-order valence-electron chi connectivity index (χ1n) is 8.94. The van der Waals surface area contributed by atoms with Gasteiger partial charge in [-0.1, -0.05) is 42.8 Å². The topological polar surface area (TPSA) is 52.7 Å². The molecular weight excluding hydrogens is 314 g/mol. The van der Waals surface area contributed by atoms with Crippen LogP contribution in [-0.2, 0) is 10.3 Å². The molecule has 0 saturated carbocycles. The number of nitrogens with zero attached hydrogens (tertiary/aromatic N) is 2. The highest BCUT2D eigenvalue weighted by atomic mass is 16.2. The van der Waals surface area contributed by atoms with Crippen molar-refractivity contribution in [1.29, 1.82) is 0 Å². The van der Waals surface area contributed by atoms with Gasteiger partial charge in [0.15, 0.2) is 0 Å². The Hall–Kier alpha value is -2.40. The van der Waals surface area contributed by atoms with Crippen molar-refractivity contribution in [3.05, 3.63) is 48.0 Å². The second-order valence-corrected chi connectivity index (χ2v) is 7.17. The summed E-state index contributed by atoms with van der Waals surface area (Å²) in [6, 6.07) is 13.7. The molecular formula is C20H23N3O2. The maximum Gasteiger partial charge on any atom is 0.326 e. The van der Waals surface area contributed by atoms with E-state index in [9.17, 15) is 9.59 Å². The summed E-state index contributed by atoms with van der Waals surface area (Å²) in [5.41, 5.74) is -0.178. The van der Waals surface area contributed by atoms with Crippen molar-refractivity contribution >= 4 is 22.7 Å². The minimum atomic E-state index is -1.00. The molecule has 130 valence electrons. The van der Waals surface area contributed by atoms with Crippen molar-refractivity contribution < 1.29 is 9.59 Å². The van der Waals surface area contributed by atoms with Crippen LogP contribution in [0.4, 0.5) is 4.79 Å². The number of carbonyl (C=O) groups excluding carboxylic acids is 2. The zero-order valence-corrected chi connectivity index (χ0v) is 14.5. The van der Waals surface area contributed by atoms with Crippen molar-refractivity contribution in [2.75, 3.05) is 19.8 Å². The molecule has 5 heteroatoms. The Bertz CT molecular complexity index is 829. The van der Waals surface area contributed by atoms with Gasteiger partial charge in [-0.05, 0) is 55.3 Å². The summed E-state index contributed by atoms with van der Waals surface area (Å²) in [5, 5.41) is 5.10. The van der Waals surface area contributed by atoms with E-state index in [1.807, 2.05) is 42.5 Å². The molecule has 1 N–H and O–H groups in total. The second-order valence-electron chi connectivity index (χ2n) is 7.17. The molecule has 2 aliphatic heterocycles. The number of piperidine rings is 1. The number of benzene rings is 2. The zero-order chi connectivity index (χ0) is 17.4. The number of nitrogens with one attached hydrogen (secondary N) is 1. The standard InChI is InChI=1S/C20H23N3O2/c1-20(17-10-9-15-7-3-4-8-16(15)13-17)18(24)23(19(25)21-20)14-22-11-5-2-6-12-22/h3-4,7-10,13H,2,5-6,11-12,14H2,1H3,(H,21,25)/t20-/m0/s1. The van der Waals surface area contributed by atoms with E-state index in [1.54, 1.807) is 6.92 Å². The molecule has 2 aliphatic rings. The lowest BCUT2D eigenvalue weighted by Gasteiger charge is -2.30. The molecule has 4 rings (SSSR count). The molecule has 5 nitrogen and oxygen atoms in total. The Labute approximate surface area is 147 Å². The molecule has 25 heavy (non-hydrogen) atoms. The Morgan fingerprint density at radius 2 is 1.72 bits per heavy atom. The van der Waals surface area contributed by atoms with E-state index >= 15 is 0 Å². The number of urea groups is 1. The van der Waals surface area contributed by atoms with Gasteiger partial charge in [0.1, 0.15) is 5.54 Å². The highest BCUT2D eigenvalue weighted by Gasteiger charge is 2.49. The lowest BCUT2D eigenvalue weighted by Crippen LogP contribution is -2.45.